The Morgan fingerprint density at radius 2 is 1.71 bits per heavy atom. The van der Waals surface area contributed by atoms with E-state index >= 15 is 0 Å². The molecule has 0 radical (unpaired) electrons. The van der Waals surface area contributed by atoms with Crippen molar-refractivity contribution in [1.82, 2.24) is 10.2 Å². The lowest BCUT2D eigenvalue weighted by Gasteiger charge is -2.35. The molecule has 1 N–H and O–H groups in total. The van der Waals surface area contributed by atoms with Gasteiger partial charge in [-0.25, -0.2) is 0 Å². The van der Waals surface area contributed by atoms with E-state index in [-0.39, 0.29) is 30.9 Å². The first-order chi connectivity index (χ1) is 9.15. The Morgan fingerprint density at radius 3 is 2.29 bits per heavy atom. The molecule has 7 heteroatoms. The number of piperazine rings is 1. The van der Waals surface area contributed by atoms with Gasteiger partial charge in [-0.2, -0.15) is 0 Å². The number of hydrogen-bond acceptors (Lipinski definition) is 2. The van der Waals surface area contributed by atoms with Crippen molar-refractivity contribution in [2.45, 2.75) is 12.5 Å². The van der Waals surface area contributed by atoms with Crippen LogP contribution in [0.4, 0.5) is 0 Å². The Kier molecular flexibility index (Phi) is 10.3. The van der Waals surface area contributed by atoms with Crippen molar-refractivity contribution >= 4 is 59.6 Å². The Labute approximate surface area is 153 Å². The molecule has 0 bridgehead atoms. The maximum atomic E-state index is 6.36. The molecule has 0 unspecified atom stereocenters. The summed E-state index contributed by atoms with van der Waals surface area (Å²) < 4.78 is 0. The largest absolute Gasteiger partial charge is 0.314 e. The lowest BCUT2D eigenvalue weighted by Crippen LogP contribution is -2.45. The highest BCUT2D eigenvalue weighted by molar-refractivity contribution is 6.44. The second kappa shape index (κ2) is 10.2. The van der Waals surface area contributed by atoms with Crippen molar-refractivity contribution < 1.29 is 0 Å². The zero-order valence-electron chi connectivity index (χ0n) is 11.4. The normalized spacial score (nSPS) is 16.5. The van der Waals surface area contributed by atoms with Gasteiger partial charge in [0.05, 0.1) is 10.0 Å². The summed E-state index contributed by atoms with van der Waals surface area (Å²) in [7, 11) is 0. The number of nitrogens with one attached hydrogen (secondary N) is 1. The van der Waals surface area contributed by atoms with Crippen LogP contribution in [0.25, 0.3) is 0 Å². The number of halogens is 5. The number of benzene rings is 1. The molecule has 2 nitrogen and oxygen atoms in total. The first kappa shape index (κ1) is 21.3. The quantitative estimate of drug-likeness (QED) is 0.572. The van der Waals surface area contributed by atoms with E-state index in [1.54, 1.807) is 6.07 Å². The highest BCUT2D eigenvalue weighted by Gasteiger charge is 2.25. The highest BCUT2D eigenvalue weighted by Crippen LogP contribution is 2.39. The highest BCUT2D eigenvalue weighted by atomic mass is 35.5. The van der Waals surface area contributed by atoms with Crippen LogP contribution in [0.2, 0.25) is 15.1 Å². The van der Waals surface area contributed by atoms with E-state index in [1.165, 1.54) is 0 Å². The van der Waals surface area contributed by atoms with E-state index < -0.39 is 0 Å². The van der Waals surface area contributed by atoms with Crippen LogP contribution in [0.1, 0.15) is 18.0 Å². The number of hydrogen-bond donors (Lipinski definition) is 1. The van der Waals surface area contributed by atoms with Crippen LogP contribution in [-0.4, -0.2) is 31.1 Å². The van der Waals surface area contributed by atoms with Crippen molar-refractivity contribution in [2.24, 2.45) is 0 Å². The summed E-state index contributed by atoms with van der Waals surface area (Å²) in [4.78, 5) is 2.38. The minimum Gasteiger partial charge on any atom is -0.314 e. The zero-order chi connectivity index (χ0) is 13.8. The molecule has 21 heavy (non-hydrogen) atoms. The second-order valence-electron chi connectivity index (χ2n) is 4.58. The minimum absolute atomic E-state index is 0. The molecule has 1 aliphatic heterocycles. The van der Waals surface area contributed by atoms with Crippen molar-refractivity contribution in [3.8, 4) is 0 Å². The Bertz CT molecular complexity index is 461. The lowest BCUT2D eigenvalue weighted by molar-refractivity contribution is 0.174. The van der Waals surface area contributed by atoms with Gasteiger partial charge in [0, 0.05) is 42.8 Å². The van der Waals surface area contributed by atoms with Crippen molar-refractivity contribution in [3.63, 3.8) is 0 Å². The van der Waals surface area contributed by atoms with Crippen LogP contribution in [-0.2, 0) is 0 Å². The van der Waals surface area contributed by atoms with Crippen LogP contribution in [0.3, 0.4) is 0 Å². The molecule has 1 aromatic rings. The number of rotatable bonds is 4. The van der Waals surface area contributed by atoms with Gasteiger partial charge in [0.25, 0.3) is 0 Å². The van der Waals surface area contributed by atoms with E-state index in [9.17, 15) is 0 Å². The van der Waals surface area contributed by atoms with Crippen molar-refractivity contribution in [1.29, 1.82) is 0 Å². The molecule has 0 spiro atoms. The predicted molar refractivity (Wildman–Crippen MR) is 98.0 cm³/mol. The van der Waals surface area contributed by atoms with Crippen molar-refractivity contribution in [2.75, 3.05) is 26.2 Å². The molecule has 1 aromatic carbocycles. The van der Waals surface area contributed by atoms with Gasteiger partial charge in [0.15, 0.2) is 0 Å². The zero-order valence-corrected chi connectivity index (χ0v) is 15.4. The van der Waals surface area contributed by atoms with Gasteiger partial charge >= 0.3 is 0 Å². The number of nitrogens with zero attached hydrogens (tertiary/aromatic N) is 1. The maximum Gasteiger partial charge on any atom is 0.0655 e. The Morgan fingerprint density at radius 1 is 1.14 bits per heavy atom. The van der Waals surface area contributed by atoms with Gasteiger partial charge in [0.2, 0.25) is 0 Å². The summed E-state index contributed by atoms with van der Waals surface area (Å²) in [5.74, 6) is 0. The molecular weight excluding hydrogens is 373 g/mol. The van der Waals surface area contributed by atoms with Gasteiger partial charge in [-0.1, -0.05) is 40.9 Å². The van der Waals surface area contributed by atoms with Crippen LogP contribution < -0.4 is 5.32 Å². The summed E-state index contributed by atoms with van der Waals surface area (Å²) in [5, 5.41) is 5.11. The summed E-state index contributed by atoms with van der Waals surface area (Å²) in [6.07, 6.45) is 2.71. The monoisotopic (exact) mass is 390 g/mol. The smallest absolute Gasteiger partial charge is 0.0655 e. The van der Waals surface area contributed by atoms with E-state index in [1.807, 2.05) is 12.1 Å². The average molecular weight is 393 g/mol. The van der Waals surface area contributed by atoms with E-state index in [4.69, 9.17) is 34.8 Å². The third-order valence-corrected chi connectivity index (χ3v) is 4.54. The predicted octanol–water partition coefficient (Wildman–Crippen LogP) is 5.01. The molecule has 0 amide bonds. The van der Waals surface area contributed by atoms with Crippen LogP contribution in [0.15, 0.2) is 24.8 Å². The second-order valence-corrected chi connectivity index (χ2v) is 5.78. The molecule has 1 aliphatic rings. The fraction of sp³-hybridized carbons (Fsp3) is 0.429. The van der Waals surface area contributed by atoms with E-state index in [0.29, 0.717) is 15.1 Å². The standard InChI is InChI=1S/C14H17Cl3N2.2ClH/c1-2-3-12(19-8-6-18-7-9-19)13-10(15)4-5-11(16)14(13)17;;/h2,4-5,12,18H,1,3,6-9H2;2*1H/t12-;;/m1../s1. The third-order valence-electron chi connectivity index (χ3n) is 3.39. The summed E-state index contributed by atoms with van der Waals surface area (Å²) in [6.45, 7) is 7.73. The van der Waals surface area contributed by atoms with Gasteiger partial charge in [-0.15, -0.1) is 31.4 Å². The lowest BCUT2D eigenvalue weighted by atomic mass is 10.0. The Hall–Kier alpha value is 0.330. The van der Waals surface area contributed by atoms with Gasteiger partial charge in [-0.05, 0) is 18.6 Å². The van der Waals surface area contributed by atoms with Crippen molar-refractivity contribution in [3.05, 3.63) is 45.4 Å². The summed E-state index contributed by atoms with van der Waals surface area (Å²) >= 11 is 18.8. The molecule has 0 saturated carbocycles. The van der Waals surface area contributed by atoms with Gasteiger partial charge in [0.1, 0.15) is 0 Å². The van der Waals surface area contributed by atoms with Gasteiger partial charge in [-0.3, -0.25) is 4.90 Å². The molecule has 0 aromatic heterocycles. The fourth-order valence-electron chi connectivity index (χ4n) is 2.45. The summed E-state index contributed by atoms with van der Waals surface area (Å²) in [6, 6.07) is 3.68. The SMILES string of the molecule is C=CC[C@H](c1c(Cl)ccc(Cl)c1Cl)N1CCNCC1.Cl.Cl. The van der Waals surface area contributed by atoms with E-state index in [2.05, 4.69) is 16.8 Å². The minimum atomic E-state index is 0. The van der Waals surface area contributed by atoms with E-state index in [0.717, 1.165) is 38.2 Å². The molecule has 120 valence electrons. The molecular formula is C14H19Cl5N2. The van der Waals surface area contributed by atoms with Crippen LogP contribution >= 0.6 is 59.6 Å². The first-order valence-electron chi connectivity index (χ1n) is 6.34. The third kappa shape index (κ3) is 5.18. The van der Waals surface area contributed by atoms with Crippen LogP contribution in [0.5, 0.6) is 0 Å². The molecule has 0 aliphatic carbocycles. The fourth-order valence-corrected chi connectivity index (χ4v) is 3.24. The summed E-state index contributed by atoms with van der Waals surface area (Å²) in [5.41, 5.74) is 0.914. The molecule has 1 heterocycles. The molecule has 2 rings (SSSR count). The maximum absolute atomic E-state index is 6.36. The first-order valence-corrected chi connectivity index (χ1v) is 7.47. The average Bonchev–Trinajstić information content (AvgIpc) is 2.43. The molecule has 1 fully saturated rings. The van der Waals surface area contributed by atoms with Crippen LogP contribution in [0, 0.1) is 0 Å². The topological polar surface area (TPSA) is 15.3 Å². The van der Waals surface area contributed by atoms with Gasteiger partial charge < -0.3 is 5.32 Å². The Balaban J connectivity index is 0.00000200. The molecule has 1 saturated heterocycles. The molecule has 1 atom stereocenters.